The summed E-state index contributed by atoms with van der Waals surface area (Å²) in [6.07, 6.45) is 3.30. The maximum atomic E-state index is 12.5. The van der Waals surface area contributed by atoms with Crippen LogP contribution in [-0.4, -0.2) is 41.4 Å². The fraction of sp³-hybridized carbons (Fsp3) is 0.118. The highest BCUT2D eigenvalue weighted by atomic mass is 32.1. The first-order valence-corrected chi connectivity index (χ1v) is 9.42. The number of hydrogen-bond acceptors (Lipinski definition) is 8. The molecule has 3 aromatic rings. The molecule has 0 unspecified atom stereocenters. The maximum Gasteiger partial charge on any atom is 0.275 e. The third-order valence-electron chi connectivity index (χ3n) is 3.33. The summed E-state index contributed by atoms with van der Waals surface area (Å²) in [4.78, 5) is 44.4. The molecule has 0 bridgehead atoms. The molecule has 3 amide bonds. The van der Waals surface area contributed by atoms with Gasteiger partial charge in [0, 0.05) is 30.4 Å². The first-order chi connectivity index (χ1) is 13.1. The van der Waals surface area contributed by atoms with Crippen LogP contribution >= 0.6 is 22.7 Å². The molecular formula is C17H14N4O4S2. The van der Waals surface area contributed by atoms with E-state index >= 15 is 0 Å². The van der Waals surface area contributed by atoms with Gasteiger partial charge >= 0.3 is 0 Å². The number of hydrogen-bond donors (Lipinski definition) is 2. The Bertz CT molecular complexity index is 968. The number of thiazole rings is 1. The fourth-order valence-electron chi connectivity index (χ4n) is 2.12. The molecule has 0 radical (unpaired) electrons. The molecule has 138 valence electrons. The summed E-state index contributed by atoms with van der Waals surface area (Å²) in [7, 11) is 1.36. The molecule has 0 spiro atoms. The molecule has 0 saturated heterocycles. The van der Waals surface area contributed by atoms with Gasteiger partial charge < -0.3 is 10.1 Å². The van der Waals surface area contributed by atoms with Crippen molar-refractivity contribution in [1.29, 1.82) is 0 Å². The number of anilines is 1. The highest BCUT2D eigenvalue weighted by molar-refractivity contribution is 7.15. The molecule has 0 atom stereocenters. The van der Waals surface area contributed by atoms with Gasteiger partial charge in [0.25, 0.3) is 17.7 Å². The zero-order valence-corrected chi connectivity index (χ0v) is 15.7. The summed E-state index contributed by atoms with van der Waals surface area (Å²) in [6.45, 7) is -0.228. The Hall–Kier alpha value is -2.95. The number of rotatable bonds is 6. The minimum atomic E-state index is -0.607. The molecule has 10 heteroatoms. The van der Waals surface area contributed by atoms with Crippen molar-refractivity contribution in [1.82, 2.24) is 15.3 Å². The summed E-state index contributed by atoms with van der Waals surface area (Å²) < 4.78 is 4.67. The van der Waals surface area contributed by atoms with Crippen molar-refractivity contribution in [3.8, 4) is 10.6 Å². The summed E-state index contributed by atoms with van der Waals surface area (Å²) in [5.41, 5.74) is 1.30. The van der Waals surface area contributed by atoms with Gasteiger partial charge in [-0.1, -0.05) is 0 Å². The Labute approximate surface area is 162 Å². The van der Waals surface area contributed by atoms with E-state index in [-0.39, 0.29) is 17.9 Å². The highest BCUT2D eigenvalue weighted by Crippen LogP contribution is 2.26. The topological polar surface area (TPSA) is 110 Å². The summed E-state index contributed by atoms with van der Waals surface area (Å²) in [5, 5.41) is 9.17. The standard InChI is InChI=1S/C17H14N4O4S2/c1-25-8-13(22)20-14(23)11-4-7-26-17(11)21-15(24)12-9-27-16(19-12)10-2-5-18-6-3-10/h2-7,9H,8H2,1H3,(H,21,24)(H,20,22,23). The van der Waals surface area contributed by atoms with Crippen LogP contribution in [0.3, 0.4) is 0 Å². The van der Waals surface area contributed by atoms with Crippen molar-refractivity contribution in [3.05, 3.63) is 52.6 Å². The van der Waals surface area contributed by atoms with Crippen LogP contribution in [0.2, 0.25) is 0 Å². The lowest BCUT2D eigenvalue weighted by atomic mass is 10.3. The van der Waals surface area contributed by atoms with Crippen LogP contribution in [0, 0.1) is 0 Å². The zero-order chi connectivity index (χ0) is 19.2. The number of nitrogens with zero attached hydrogens (tertiary/aromatic N) is 2. The quantitative estimate of drug-likeness (QED) is 0.655. The van der Waals surface area contributed by atoms with Crippen LogP contribution in [0.15, 0.2) is 41.4 Å². The van der Waals surface area contributed by atoms with E-state index in [4.69, 9.17) is 0 Å². The molecular weight excluding hydrogens is 388 g/mol. The number of thiophene rings is 1. The lowest BCUT2D eigenvalue weighted by Gasteiger charge is -2.05. The third-order valence-corrected chi connectivity index (χ3v) is 5.05. The lowest BCUT2D eigenvalue weighted by molar-refractivity contribution is -0.123. The number of carbonyl (C=O) groups is 3. The van der Waals surface area contributed by atoms with E-state index in [2.05, 4.69) is 25.3 Å². The smallest absolute Gasteiger partial charge is 0.275 e. The molecule has 0 aliphatic heterocycles. The molecule has 0 aliphatic rings. The van der Waals surface area contributed by atoms with Gasteiger partial charge in [-0.15, -0.1) is 22.7 Å². The average molecular weight is 402 g/mol. The Morgan fingerprint density at radius 1 is 1.11 bits per heavy atom. The van der Waals surface area contributed by atoms with Crippen molar-refractivity contribution < 1.29 is 19.1 Å². The lowest BCUT2D eigenvalue weighted by Crippen LogP contribution is -2.33. The number of carbonyl (C=O) groups excluding carboxylic acids is 3. The molecule has 0 fully saturated rings. The molecule has 2 N–H and O–H groups in total. The minimum Gasteiger partial charge on any atom is -0.375 e. The summed E-state index contributed by atoms with van der Waals surface area (Å²) in [5.74, 6) is -1.61. The number of aromatic nitrogens is 2. The van der Waals surface area contributed by atoms with Crippen molar-refractivity contribution in [2.75, 3.05) is 19.0 Å². The molecule has 8 nitrogen and oxygen atoms in total. The van der Waals surface area contributed by atoms with E-state index in [1.165, 1.54) is 35.8 Å². The Balaban J connectivity index is 1.71. The van der Waals surface area contributed by atoms with Crippen molar-refractivity contribution in [2.24, 2.45) is 0 Å². The molecule has 0 saturated carbocycles. The number of ether oxygens (including phenoxy) is 1. The van der Waals surface area contributed by atoms with Crippen LogP contribution in [0.5, 0.6) is 0 Å². The first-order valence-electron chi connectivity index (χ1n) is 7.66. The van der Waals surface area contributed by atoms with Gasteiger partial charge in [-0.2, -0.15) is 0 Å². The maximum absolute atomic E-state index is 12.5. The summed E-state index contributed by atoms with van der Waals surface area (Å²) in [6, 6.07) is 5.14. The van der Waals surface area contributed by atoms with E-state index in [0.29, 0.717) is 10.0 Å². The van der Waals surface area contributed by atoms with Crippen LogP contribution in [0.25, 0.3) is 10.6 Å². The van der Waals surface area contributed by atoms with Gasteiger partial charge in [-0.25, -0.2) is 4.98 Å². The van der Waals surface area contributed by atoms with Crippen molar-refractivity contribution >= 4 is 45.4 Å². The van der Waals surface area contributed by atoms with Gasteiger partial charge in [0.2, 0.25) is 0 Å². The van der Waals surface area contributed by atoms with Crippen LogP contribution in [0.1, 0.15) is 20.8 Å². The normalized spacial score (nSPS) is 10.4. The molecule has 3 heterocycles. The first kappa shape index (κ1) is 18.8. The van der Waals surface area contributed by atoms with Crippen molar-refractivity contribution in [3.63, 3.8) is 0 Å². The van der Waals surface area contributed by atoms with Crippen LogP contribution < -0.4 is 10.6 Å². The Morgan fingerprint density at radius 2 is 1.89 bits per heavy atom. The van der Waals surface area contributed by atoms with E-state index in [9.17, 15) is 14.4 Å². The molecule has 27 heavy (non-hydrogen) atoms. The fourth-order valence-corrected chi connectivity index (χ4v) is 3.70. The number of imide groups is 1. The number of nitrogens with one attached hydrogen (secondary N) is 2. The number of pyridine rings is 1. The Kier molecular flexibility index (Phi) is 6.01. The summed E-state index contributed by atoms with van der Waals surface area (Å²) >= 11 is 2.51. The number of methoxy groups -OCH3 is 1. The van der Waals surface area contributed by atoms with E-state index in [0.717, 1.165) is 5.56 Å². The van der Waals surface area contributed by atoms with E-state index in [1.54, 1.807) is 35.3 Å². The van der Waals surface area contributed by atoms with Gasteiger partial charge in [-0.3, -0.25) is 24.7 Å². The molecule has 0 aliphatic carbocycles. The van der Waals surface area contributed by atoms with Crippen LogP contribution in [0.4, 0.5) is 5.00 Å². The predicted octanol–water partition coefficient (Wildman–Crippen LogP) is 2.42. The molecule has 0 aromatic carbocycles. The number of amides is 3. The second-order valence-corrected chi connectivity index (χ2v) is 6.98. The van der Waals surface area contributed by atoms with Gasteiger partial charge in [0.05, 0.1) is 5.56 Å². The highest BCUT2D eigenvalue weighted by Gasteiger charge is 2.19. The van der Waals surface area contributed by atoms with Gasteiger partial charge in [0.1, 0.15) is 22.3 Å². The van der Waals surface area contributed by atoms with Gasteiger partial charge in [0.15, 0.2) is 0 Å². The molecule has 3 rings (SSSR count). The molecule has 3 aromatic heterocycles. The average Bonchev–Trinajstić information content (AvgIpc) is 3.32. The van der Waals surface area contributed by atoms with Crippen molar-refractivity contribution in [2.45, 2.75) is 0 Å². The monoisotopic (exact) mass is 402 g/mol. The SMILES string of the molecule is COCC(=O)NC(=O)c1ccsc1NC(=O)c1csc(-c2ccncc2)n1. The second-order valence-electron chi connectivity index (χ2n) is 5.20. The van der Waals surface area contributed by atoms with Gasteiger partial charge in [-0.05, 0) is 23.6 Å². The minimum absolute atomic E-state index is 0.197. The Morgan fingerprint density at radius 3 is 2.63 bits per heavy atom. The zero-order valence-electron chi connectivity index (χ0n) is 14.1. The third kappa shape index (κ3) is 4.61. The van der Waals surface area contributed by atoms with E-state index in [1.807, 2.05) is 0 Å². The predicted molar refractivity (Wildman–Crippen MR) is 102 cm³/mol. The van der Waals surface area contributed by atoms with Crippen LogP contribution in [-0.2, 0) is 9.53 Å². The largest absolute Gasteiger partial charge is 0.375 e. The van der Waals surface area contributed by atoms with E-state index < -0.39 is 17.7 Å². The second kappa shape index (κ2) is 8.62.